The van der Waals surface area contributed by atoms with Gasteiger partial charge in [-0.3, -0.25) is 9.13 Å². The lowest BCUT2D eigenvalue weighted by Crippen LogP contribution is -2.38. The van der Waals surface area contributed by atoms with Crippen LogP contribution in [0.1, 0.15) is 18.4 Å². The maximum absolute atomic E-state index is 11.4. The molecule has 0 fully saturated rings. The molecule has 0 aliphatic carbocycles. The van der Waals surface area contributed by atoms with Gasteiger partial charge in [-0.25, -0.2) is 11.3 Å². The third-order valence-corrected chi connectivity index (χ3v) is 8.20. The standard InChI is InChI=1S/C16H31N5O8P2/c1-13(19-17)20-18-12-14-5-3-6-15(11-14)29-10-4-8-21(2)9-7-16(22,30(23,24)25)31(26,27)28/h3,5-6,11,18-20,22H,1,4,7-10,12,17H2,2H3,(H2,23,24,25)(H2,26,27,28). The van der Waals surface area contributed by atoms with Crippen molar-refractivity contribution in [1.29, 1.82) is 0 Å². The van der Waals surface area contributed by atoms with Crippen molar-refractivity contribution in [3.05, 3.63) is 42.2 Å². The second kappa shape index (κ2) is 11.9. The van der Waals surface area contributed by atoms with Crippen LogP contribution in [0.15, 0.2) is 36.7 Å². The molecular formula is C16H31N5O8P2. The lowest BCUT2D eigenvalue weighted by molar-refractivity contribution is 0.111. The first-order valence-corrected chi connectivity index (χ1v) is 12.4. The molecule has 0 saturated carbocycles. The Kier molecular flexibility index (Phi) is 10.6. The Morgan fingerprint density at radius 3 is 2.45 bits per heavy atom. The van der Waals surface area contributed by atoms with E-state index < -0.39 is 26.7 Å². The fourth-order valence-corrected chi connectivity index (χ4v) is 4.61. The van der Waals surface area contributed by atoms with E-state index in [1.807, 2.05) is 18.2 Å². The van der Waals surface area contributed by atoms with Gasteiger partial charge in [0.1, 0.15) is 11.6 Å². The summed E-state index contributed by atoms with van der Waals surface area (Å²) in [7, 11) is -9.28. The average Bonchev–Trinajstić information content (AvgIpc) is 2.67. The van der Waals surface area contributed by atoms with E-state index in [1.165, 1.54) is 0 Å². The molecule has 0 saturated heterocycles. The summed E-state index contributed by atoms with van der Waals surface area (Å²) in [5, 5.41) is 6.48. The minimum Gasteiger partial charge on any atom is -0.494 e. The van der Waals surface area contributed by atoms with Crippen LogP contribution in [0.25, 0.3) is 0 Å². The number of nitrogens with two attached hydrogens (primary N) is 1. The van der Waals surface area contributed by atoms with Crippen molar-refractivity contribution >= 4 is 15.2 Å². The normalized spacial score (nSPS) is 12.6. The number of rotatable bonds is 15. The minimum absolute atomic E-state index is 0.135. The van der Waals surface area contributed by atoms with Crippen molar-refractivity contribution in [3.8, 4) is 5.75 Å². The first-order valence-electron chi connectivity index (χ1n) is 9.18. The third-order valence-electron chi connectivity index (χ3n) is 4.32. The minimum atomic E-state index is -5.44. The molecule has 178 valence electrons. The Morgan fingerprint density at radius 1 is 1.23 bits per heavy atom. The average molecular weight is 483 g/mol. The third kappa shape index (κ3) is 8.87. The zero-order chi connectivity index (χ0) is 23.7. The molecule has 0 radical (unpaired) electrons. The van der Waals surface area contributed by atoms with Gasteiger partial charge in [-0.15, -0.1) is 0 Å². The number of ether oxygens (including phenoxy) is 1. The lowest BCUT2D eigenvalue weighted by Gasteiger charge is -2.30. The van der Waals surface area contributed by atoms with E-state index in [2.05, 4.69) is 22.9 Å². The van der Waals surface area contributed by atoms with E-state index in [1.54, 1.807) is 18.0 Å². The molecule has 0 atom stereocenters. The van der Waals surface area contributed by atoms with Crippen molar-refractivity contribution in [2.75, 3.05) is 26.7 Å². The molecule has 10 N–H and O–H groups in total. The zero-order valence-corrected chi connectivity index (χ0v) is 18.9. The van der Waals surface area contributed by atoms with Gasteiger partial charge in [-0.2, -0.15) is 0 Å². The van der Waals surface area contributed by atoms with Crippen molar-refractivity contribution in [1.82, 2.24) is 21.2 Å². The van der Waals surface area contributed by atoms with E-state index in [-0.39, 0.29) is 6.54 Å². The number of nitrogens with one attached hydrogen (secondary N) is 3. The monoisotopic (exact) mass is 483 g/mol. The summed E-state index contributed by atoms with van der Waals surface area (Å²) in [6, 6.07) is 7.37. The van der Waals surface area contributed by atoms with Gasteiger partial charge >= 0.3 is 15.2 Å². The van der Waals surface area contributed by atoms with Crippen LogP contribution in [0.3, 0.4) is 0 Å². The summed E-state index contributed by atoms with van der Waals surface area (Å²) in [4.78, 5) is 38.2. The van der Waals surface area contributed by atoms with Crippen LogP contribution in [0.4, 0.5) is 0 Å². The number of hydrazine groups is 2. The fourth-order valence-electron chi connectivity index (χ4n) is 2.47. The molecule has 0 bridgehead atoms. The summed E-state index contributed by atoms with van der Waals surface area (Å²) in [6.07, 6.45) is -0.249. The van der Waals surface area contributed by atoms with Crippen molar-refractivity contribution in [2.45, 2.75) is 24.5 Å². The molecule has 0 unspecified atom stereocenters. The predicted octanol–water partition coefficient (Wildman–Crippen LogP) is -0.692. The van der Waals surface area contributed by atoms with E-state index in [0.717, 1.165) is 5.56 Å². The molecule has 0 heterocycles. The lowest BCUT2D eigenvalue weighted by atomic mass is 10.2. The first-order chi connectivity index (χ1) is 14.3. The second-order valence-corrected chi connectivity index (χ2v) is 10.9. The van der Waals surface area contributed by atoms with Gasteiger partial charge in [0.05, 0.1) is 6.61 Å². The fraction of sp³-hybridized carbons (Fsp3) is 0.500. The van der Waals surface area contributed by atoms with E-state index in [9.17, 15) is 14.2 Å². The highest BCUT2D eigenvalue weighted by atomic mass is 31.2. The Balaban J connectivity index is 2.42. The second-order valence-electron chi connectivity index (χ2n) is 6.87. The van der Waals surface area contributed by atoms with Crippen LogP contribution >= 0.6 is 15.2 Å². The van der Waals surface area contributed by atoms with Crippen LogP contribution < -0.4 is 26.9 Å². The van der Waals surface area contributed by atoms with E-state index in [0.29, 0.717) is 37.7 Å². The van der Waals surface area contributed by atoms with Gasteiger partial charge in [0.15, 0.2) is 0 Å². The van der Waals surface area contributed by atoms with Gasteiger partial charge in [0, 0.05) is 26.1 Å². The van der Waals surface area contributed by atoms with Crippen LogP contribution in [0.2, 0.25) is 0 Å². The topological polar surface area (TPSA) is 210 Å². The summed E-state index contributed by atoms with van der Waals surface area (Å²) in [6.45, 7) is 4.72. The Hall–Kier alpha value is -1.50. The van der Waals surface area contributed by atoms with E-state index in [4.69, 9.17) is 30.2 Å². The highest BCUT2D eigenvalue weighted by Crippen LogP contribution is 2.68. The SMILES string of the molecule is C=C(NN)NNCc1cccc(OCCCN(C)CCC(O)(P(=O)(O)O)P(=O)(O)O)c1. The smallest absolute Gasteiger partial charge is 0.369 e. The Morgan fingerprint density at radius 2 is 1.87 bits per heavy atom. The van der Waals surface area contributed by atoms with Crippen LogP contribution in [-0.2, 0) is 15.7 Å². The molecule has 0 aliphatic rings. The van der Waals surface area contributed by atoms with Crippen molar-refractivity contribution in [3.63, 3.8) is 0 Å². The molecule has 0 amide bonds. The van der Waals surface area contributed by atoms with Gasteiger partial charge in [-0.05, 0) is 31.2 Å². The highest BCUT2D eigenvalue weighted by molar-refractivity contribution is 7.72. The van der Waals surface area contributed by atoms with Gasteiger partial charge in [0.2, 0.25) is 0 Å². The molecule has 15 heteroatoms. The van der Waals surface area contributed by atoms with Crippen LogP contribution in [-0.4, -0.2) is 61.4 Å². The molecule has 0 aliphatic heterocycles. The van der Waals surface area contributed by atoms with E-state index >= 15 is 0 Å². The summed E-state index contributed by atoms with van der Waals surface area (Å²) >= 11 is 0. The molecule has 0 aromatic heterocycles. The van der Waals surface area contributed by atoms with Gasteiger partial charge in [0.25, 0.3) is 5.08 Å². The molecule has 0 spiro atoms. The number of benzene rings is 1. The number of aliphatic hydroxyl groups is 1. The molecule has 13 nitrogen and oxygen atoms in total. The molecule has 1 rings (SSSR count). The van der Waals surface area contributed by atoms with Crippen LogP contribution in [0, 0.1) is 0 Å². The first kappa shape index (κ1) is 27.5. The predicted molar refractivity (Wildman–Crippen MR) is 114 cm³/mol. The largest absolute Gasteiger partial charge is 0.494 e. The number of nitrogens with zero attached hydrogens (tertiary/aromatic N) is 1. The maximum Gasteiger partial charge on any atom is 0.369 e. The van der Waals surface area contributed by atoms with Gasteiger partial charge in [-0.1, -0.05) is 18.7 Å². The number of hydrogen-bond acceptors (Lipinski definition) is 9. The molecule has 31 heavy (non-hydrogen) atoms. The van der Waals surface area contributed by atoms with Crippen molar-refractivity contribution < 1.29 is 38.5 Å². The van der Waals surface area contributed by atoms with Gasteiger partial charge < -0.3 is 45.2 Å². The zero-order valence-electron chi connectivity index (χ0n) is 17.1. The molecule has 1 aromatic rings. The summed E-state index contributed by atoms with van der Waals surface area (Å²) in [5.41, 5.74) is 8.98. The summed E-state index contributed by atoms with van der Waals surface area (Å²) < 4.78 is 28.4. The van der Waals surface area contributed by atoms with Crippen molar-refractivity contribution in [2.24, 2.45) is 5.84 Å². The molecular weight excluding hydrogens is 452 g/mol. The summed E-state index contributed by atoms with van der Waals surface area (Å²) in [5.74, 6) is 6.25. The van der Waals surface area contributed by atoms with Crippen LogP contribution in [0.5, 0.6) is 5.75 Å². The Bertz CT molecular complexity index is 793. The quantitative estimate of drug-likeness (QED) is 0.0655. The number of hydrogen-bond donors (Lipinski definition) is 9. The highest BCUT2D eigenvalue weighted by Gasteiger charge is 2.58. The Labute approximate surface area is 180 Å². The maximum atomic E-state index is 11.4. The molecule has 1 aromatic carbocycles.